The number of benzene rings is 5. The summed E-state index contributed by atoms with van der Waals surface area (Å²) in [6, 6.07) is 48.1. The molecule has 8 rings (SSSR count). The van der Waals surface area contributed by atoms with Crippen molar-refractivity contribution in [3.8, 4) is 55.9 Å². The Balaban J connectivity index is 1.27. The highest BCUT2D eigenvalue weighted by atomic mass is 14.7. The summed E-state index contributed by atoms with van der Waals surface area (Å²) in [5.41, 5.74) is 16.0. The van der Waals surface area contributed by atoms with Crippen LogP contribution in [0.15, 0.2) is 146 Å². The molecule has 250 valence electrons. The Morgan fingerprint density at radius 3 is 1.59 bits per heavy atom. The van der Waals surface area contributed by atoms with Gasteiger partial charge in [0.2, 0.25) is 0 Å². The predicted molar refractivity (Wildman–Crippen MR) is 216 cm³/mol. The fourth-order valence-corrected chi connectivity index (χ4v) is 7.02. The molecule has 3 aromatic heterocycles. The maximum Gasteiger partial charge on any atom is 0.0723 e. The Hall–Kier alpha value is -5.80. The topological polar surface area (TPSA) is 41.6 Å². The van der Waals surface area contributed by atoms with E-state index in [1.165, 1.54) is 44.2 Å². The van der Waals surface area contributed by atoms with Gasteiger partial charge in [0.15, 0.2) is 0 Å². The molecule has 0 saturated carbocycles. The van der Waals surface area contributed by atoms with Gasteiger partial charge in [0, 0.05) is 39.9 Å². The van der Waals surface area contributed by atoms with Gasteiger partial charge in [-0.2, -0.15) is 0 Å². The maximum atomic E-state index is 4.85. The average molecular weight is 662 g/mol. The van der Waals surface area contributed by atoms with Crippen molar-refractivity contribution in [2.24, 2.45) is 0 Å². The van der Waals surface area contributed by atoms with Crippen LogP contribution in [0.3, 0.4) is 0 Å². The third-order valence-corrected chi connectivity index (χ3v) is 10.0. The molecule has 3 heterocycles. The van der Waals surface area contributed by atoms with Gasteiger partial charge in [0.1, 0.15) is 0 Å². The molecule has 0 aliphatic heterocycles. The molecule has 8 aromatic rings. The van der Waals surface area contributed by atoms with E-state index in [2.05, 4.69) is 174 Å². The lowest BCUT2D eigenvalue weighted by Gasteiger charge is -2.22. The van der Waals surface area contributed by atoms with E-state index in [9.17, 15) is 0 Å². The maximum absolute atomic E-state index is 4.85. The van der Waals surface area contributed by atoms with Crippen LogP contribution in [0.4, 0.5) is 0 Å². The number of pyridine rings is 2. The summed E-state index contributed by atoms with van der Waals surface area (Å²) in [7, 11) is 0. The van der Waals surface area contributed by atoms with Crippen LogP contribution in [0, 0.1) is 0 Å². The van der Waals surface area contributed by atoms with Gasteiger partial charge in [-0.05, 0) is 104 Å². The molecule has 0 amide bonds. The molecule has 1 N–H and O–H groups in total. The summed E-state index contributed by atoms with van der Waals surface area (Å²) in [6.07, 6.45) is 3.80. The zero-order chi connectivity index (χ0) is 35.3. The molecule has 0 spiro atoms. The van der Waals surface area contributed by atoms with Crippen LogP contribution in [0.2, 0.25) is 0 Å². The lowest BCUT2D eigenvalue weighted by molar-refractivity contribution is 0.590. The second kappa shape index (κ2) is 12.5. The summed E-state index contributed by atoms with van der Waals surface area (Å²) >= 11 is 0. The number of aromatic amines is 1. The highest BCUT2D eigenvalue weighted by molar-refractivity contribution is 6.16. The lowest BCUT2D eigenvalue weighted by atomic mass is 9.82. The number of hydrogen-bond donors (Lipinski definition) is 1. The summed E-state index contributed by atoms with van der Waals surface area (Å²) in [5, 5.41) is 2.47. The van der Waals surface area contributed by atoms with Crippen LogP contribution in [0.5, 0.6) is 0 Å². The molecule has 0 aliphatic carbocycles. The fourth-order valence-electron chi connectivity index (χ4n) is 7.02. The molecule has 51 heavy (non-hydrogen) atoms. The van der Waals surface area contributed by atoms with E-state index in [1.54, 1.807) is 0 Å². The van der Waals surface area contributed by atoms with Crippen molar-refractivity contribution >= 4 is 21.8 Å². The third kappa shape index (κ3) is 6.25. The number of nitrogens with one attached hydrogen (secondary N) is 1. The summed E-state index contributed by atoms with van der Waals surface area (Å²) in [4.78, 5) is 13.6. The minimum Gasteiger partial charge on any atom is -0.353 e. The summed E-state index contributed by atoms with van der Waals surface area (Å²) in [5.74, 6) is 0. The van der Waals surface area contributed by atoms with Crippen molar-refractivity contribution in [1.82, 2.24) is 15.0 Å². The molecule has 0 bridgehead atoms. The number of hydrogen-bond acceptors (Lipinski definition) is 2. The average Bonchev–Trinajstić information content (AvgIpc) is 3.53. The van der Waals surface area contributed by atoms with E-state index in [4.69, 9.17) is 9.97 Å². The predicted octanol–water partition coefficient (Wildman–Crippen LogP) is 13.0. The molecule has 3 nitrogen and oxygen atoms in total. The standard InChI is InChI=1S/C48H43N3/c1-47(2,3)37-27-39(45-40(28-37)41-29-38(48(4,5)6)30-42(46(41)51-45)43-17-10-11-23-49-43)35-15-12-16-36(25-35)44-26-34(22-24-50-44)33-20-18-32(19-21-33)31-13-8-7-9-14-31/h7-30,51H,1-6H3. The van der Waals surface area contributed by atoms with E-state index in [-0.39, 0.29) is 10.8 Å². The zero-order valence-corrected chi connectivity index (χ0v) is 30.3. The Morgan fingerprint density at radius 2 is 0.941 bits per heavy atom. The van der Waals surface area contributed by atoms with Crippen LogP contribution in [-0.4, -0.2) is 15.0 Å². The number of rotatable bonds is 5. The third-order valence-electron chi connectivity index (χ3n) is 10.0. The summed E-state index contributed by atoms with van der Waals surface area (Å²) < 4.78 is 0. The van der Waals surface area contributed by atoms with Crippen molar-refractivity contribution < 1.29 is 0 Å². The van der Waals surface area contributed by atoms with Crippen molar-refractivity contribution in [3.05, 3.63) is 157 Å². The van der Waals surface area contributed by atoms with E-state index in [0.29, 0.717) is 0 Å². The van der Waals surface area contributed by atoms with Crippen LogP contribution < -0.4 is 0 Å². The lowest BCUT2D eigenvalue weighted by Crippen LogP contribution is -2.11. The monoisotopic (exact) mass is 661 g/mol. The van der Waals surface area contributed by atoms with Crippen molar-refractivity contribution in [2.75, 3.05) is 0 Å². The Kier molecular flexibility index (Phi) is 7.95. The Morgan fingerprint density at radius 1 is 0.392 bits per heavy atom. The zero-order valence-electron chi connectivity index (χ0n) is 30.3. The Labute approximate surface area is 301 Å². The van der Waals surface area contributed by atoms with Crippen LogP contribution in [0.25, 0.3) is 77.7 Å². The first-order chi connectivity index (χ1) is 24.5. The number of aromatic nitrogens is 3. The quantitative estimate of drug-likeness (QED) is 0.199. The van der Waals surface area contributed by atoms with Crippen LogP contribution in [0.1, 0.15) is 52.7 Å². The molecule has 0 atom stereocenters. The van der Waals surface area contributed by atoms with Crippen LogP contribution >= 0.6 is 0 Å². The van der Waals surface area contributed by atoms with E-state index in [1.807, 2.05) is 18.5 Å². The van der Waals surface area contributed by atoms with Gasteiger partial charge >= 0.3 is 0 Å². The smallest absolute Gasteiger partial charge is 0.0723 e. The first-order valence-corrected chi connectivity index (χ1v) is 17.8. The van der Waals surface area contributed by atoms with Crippen molar-refractivity contribution in [2.45, 2.75) is 52.4 Å². The molecular weight excluding hydrogens is 619 g/mol. The van der Waals surface area contributed by atoms with Crippen molar-refractivity contribution in [3.63, 3.8) is 0 Å². The second-order valence-corrected chi connectivity index (χ2v) is 15.7. The normalized spacial score (nSPS) is 12.1. The fraction of sp³-hybridized carbons (Fsp3) is 0.167. The highest BCUT2D eigenvalue weighted by Gasteiger charge is 2.23. The van der Waals surface area contributed by atoms with Crippen molar-refractivity contribution in [1.29, 1.82) is 0 Å². The first kappa shape index (κ1) is 32.4. The molecular formula is C48H43N3. The van der Waals surface area contributed by atoms with Gasteiger partial charge < -0.3 is 4.98 Å². The molecule has 0 saturated heterocycles. The largest absolute Gasteiger partial charge is 0.353 e. The molecule has 5 aromatic carbocycles. The molecule has 3 heteroatoms. The van der Waals surface area contributed by atoms with Gasteiger partial charge in [0.05, 0.1) is 22.4 Å². The first-order valence-electron chi connectivity index (χ1n) is 17.8. The number of H-pyrrole nitrogens is 1. The van der Waals surface area contributed by atoms with E-state index < -0.39 is 0 Å². The van der Waals surface area contributed by atoms with Gasteiger partial charge in [-0.25, -0.2) is 0 Å². The highest BCUT2D eigenvalue weighted by Crippen LogP contribution is 2.43. The summed E-state index contributed by atoms with van der Waals surface area (Å²) in [6.45, 7) is 13.7. The minimum absolute atomic E-state index is 0.0222. The molecule has 0 fully saturated rings. The minimum atomic E-state index is -0.0401. The van der Waals surface area contributed by atoms with Gasteiger partial charge in [-0.15, -0.1) is 0 Å². The molecule has 0 unspecified atom stereocenters. The van der Waals surface area contributed by atoms with E-state index in [0.717, 1.165) is 44.7 Å². The van der Waals surface area contributed by atoms with Gasteiger partial charge in [-0.3, -0.25) is 9.97 Å². The van der Waals surface area contributed by atoms with Gasteiger partial charge in [-0.1, -0.05) is 120 Å². The number of nitrogens with zero attached hydrogens (tertiary/aromatic N) is 2. The molecule has 0 aliphatic rings. The van der Waals surface area contributed by atoms with Crippen LogP contribution in [-0.2, 0) is 10.8 Å². The number of fused-ring (bicyclic) bond motifs is 3. The second-order valence-electron chi connectivity index (χ2n) is 15.7. The van der Waals surface area contributed by atoms with E-state index >= 15 is 0 Å². The molecule has 0 radical (unpaired) electrons. The Bertz CT molecular complexity index is 2510. The van der Waals surface area contributed by atoms with Gasteiger partial charge in [0.25, 0.3) is 0 Å². The SMILES string of the molecule is CC(C)(C)c1cc(-c2cccc(-c3cc(-c4ccc(-c5ccccc5)cc4)ccn3)c2)c2[nH]c3c(-c4ccccn4)cc(C(C)(C)C)cc3c2c1.